The van der Waals surface area contributed by atoms with Crippen LogP contribution in [-0.4, -0.2) is 32.3 Å². The number of hydrogen-bond donors (Lipinski definition) is 2. The molecule has 0 aromatic carbocycles. The summed E-state index contributed by atoms with van der Waals surface area (Å²) in [7, 11) is 1.50. The van der Waals surface area contributed by atoms with E-state index in [0.29, 0.717) is 21.7 Å². The van der Waals surface area contributed by atoms with E-state index in [0.717, 1.165) is 0 Å². The Morgan fingerprint density at radius 3 is 2.87 bits per heavy atom. The van der Waals surface area contributed by atoms with Crippen LogP contribution in [-0.2, 0) is 0 Å². The minimum atomic E-state index is 0.354. The van der Waals surface area contributed by atoms with Crippen LogP contribution in [0.2, 0.25) is 0 Å². The smallest absolute Gasteiger partial charge is 0.241 e. The van der Waals surface area contributed by atoms with E-state index < -0.39 is 0 Å². The van der Waals surface area contributed by atoms with Crippen LogP contribution in [0.3, 0.4) is 0 Å². The second kappa shape index (κ2) is 4.13. The highest BCUT2D eigenvalue weighted by Gasteiger charge is 2.10. The number of methoxy groups -OCH3 is 1. The van der Waals surface area contributed by atoms with Gasteiger partial charge in [0.1, 0.15) is 23.4 Å². The van der Waals surface area contributed by atoms with Crippen molar-refractivity contribution in [3.8, 4) is 5.88 Å². The number of ether oxygens (including phenoxy) is 1. The molecule has 0 unspecified atom stereocenters. The van der Waals surface area contributed by atoms with E-state index in [1.807, 2.05) is 0 Å². The Balaban J connectivity index is 2.29. The third-order valence-electron chi connectivity index (χ3n) is 1.59. The molecular weight excluding hydrogens is 216 g/mol. The van der Waals surface area contributed by atoms with Gasteiger partial charge in [0.05, 0.1) is 7.11 Å². The Bertz CT molecular complexity index is 445. The van der Waals surface area contributed by atoms with Crippen LogP contribution in [0.1, 0.15) is 0 Å². The van der Waals surface area contributed by atoms with Gasteiger partial charge in [-0.3, -0.25) is 5.10 Å². The minimum Gasteiger partial charge on any atom is -0.479 e. The molecule has 2 rings (SSSR count). The van der Waals surface area contributed by atoms with Gasteiger partial charge in [0, 0.05) is 0 Å². The van der Waals surface area contributed by atoms with Gasteiger partial charge in [0.25, 0.3) is 0 Å². The SMILES string of the molecule is COc1ncnc(Sc2ncn[nH]2)c1N. The molecule has 0 fully saturated rings. The van der Waals surface area contributed by atoms with Gasteiger partial charge in [-0.15, -0.1) is 0 Å². The van der Waals surface area contributed by atoms with E-state index in [1.165, 1.54) is 31.5 Å². The minimum absolute atomic E-state index is 0.354. The molecule has 2 aromatic heterocycles. The lowest BCUT2D eigenvalue weighted by Gasteiger charge is -2.05. The van der Waals surface area contributed by atoms with Crippen molar-refractivity contribution in [2.45, 2.75) is 10.2 Å². The van der Waals surface area contributed by atoms with Gasteiger partial charge in [-0.1, -0.05) is 0 Å². The van der Waals surface area contributed by atoms with Crippen molar-refractivity contribution in [3.05, 3.63) is 12.7 Å². The summed E-state index contributed by atoms with van der Waals surface area (Å²) in [5.74, 6) is 0.354. The molecule has 78 valence electrons. The molecule has 0 bridgehead atoms. The molecule has 3 N–H and O–H groups in total. The van der Waals surface area contributed by atoms with Crippen LogP contribution >= 0.6 is 11.8 Å². The summed E-state index contributed by atoms with van der Waals surface area (Å²) in [4.78, 5) is 11.8. The largest absolute Gasteiger partial charge is 0.479 e. The molecule has 8 heteroatoms. The standard InChI is InChI=1S/C7H8N6OS/c1-14-5-4(8)6(10-2-9-5)15-7-11-3-12-13-7/h2-3H,8H2,1H3,(H,11,12,13). The Morgan fingerprint density at radius 1 is 1.33 bits per heavy atom. The molecular formula is C7H8N6OS. The zero-order valence-electron chi connectivity index (χ0n) is 7.84. The molecule has 2 aromatic rings. The van der Waals surface area contributed by atoms with Gasteiger partial charge in [0.15, 0.2) is 5.16 Å². The van der Waals surface area contributed by atoms with Crippen molar-refractivity contribution in [2.75, 3.05) is 12.8 Å². The number of nitrogens with two attached hydrogens (primary N) is 1. The number of H-pyrrole nitrogens is 1. The summed E-state index contributed by atoms with van der Waals surface area (Å²) in [6.45, 7) is 0. The van der Waals surface area contributed by atoms with E-state index in [9.17, 15) is 0 Å². The summed E-state index contributed by atoms with van der Waals surface area (Å²) in [5, 5.41) is 7.61. The summed E-state index contributed by atoms with van der Waals surface area (Å²) < 4.78 is 4.97. The zero-order valence-corrected chi connectivity index (χ0v) is 8.65. The molecule has 0 saturated carbocycles. The number of nitrogens with zero attached hydrogens (tertiary/aromatic N) is 4. The van der Waals surface area contributed by atoms with Gasteiger partial charge in [-0.25, -0.2) is 9.97 Å². The molecule has 0 aliphatic heterocycles. The second-order valence-electron chi connectivity index (χ2n) is 2.49. The number of nitrogens with one attached hydrogen (secondary N) is 1. The van der Waals surface area contributed by atoms with Gasteiger partial charge in [-0.05, 0) is 11.8 Å². The van der Waals surface area contributed by atoms with Crippen LogP contribution < -0.4 is 10.5 Å². The van der Waals surface area contributed by atoms with Crippen molar-refractivity contribution in [1.82, 2.24) is 25.1 Å². The first-order valence-electron chi connectivity index (χ1n) is 3.99. The predicted octanol–water partition coefficient (Wildman–Crippen LogP) is 0.337. The summed E-state index contributed by atoms with van der Waals surface area (Å²) in [6, 6.07) is 0. The van der Waals surface area contributed by atoms with Crippen LogP contribution in [0, 0.1) is 0 Å². The first-order chi connectivity index (χ1) is 7.31. The normalized spacial score (nSPS) is 10.2. The third-order valence-corrected chi connectivity index (χ3v) is 2.50. The molecule has 0 saturated heterocycles. The third kappa shape index (κ3) is 1.99. The summed E-state index contributed by atoms with van der Waals surface area (Å²) in [5.41, 5.74) is 6.17. The maximum atomic E-state index is 5.78. The van der Waals surface area contributed by atoms with Crippen LogP contribution in [0.15, 0.2) is 22.8 Å². The quantitative estimate of drug-likeness (QED) is 0.724. The summed E-state index contributed by atoms with van der Waals surface area (Å²) in [6.07, 6.45) is 2.80. The molecule has 0 radical (unpaired) electrons. The Morgan fingerprint density at radius 2 is 2.20 bits per heavy atom. The fraction of sp³-hybridized carbons (Fsp3) is 0.143. The van der Waals surface area contributed by atoms with Crippen LogP contribution in [0.4, 0.5) is 5.69 Å². The number of aromatic nitrogens is 5. The van der Waals surface area contributed by atoms with Crippen molar-refractivity contribution < 1.29 is 4.74 Å². The molecule has 0 aliphatic rings. The highest BCUT2D eigenvalue weighted by molar-refractivity contribution is 7.99. The Labute approximate surface area is 89.5 Å². The molecule has 0 atom stereocenters. The van der Waals surface area contributed by atoms with E-state index in [4.69, 9.17) is 10.5 Å². The average Bonchev–Trinajstić information content (AvgIpc) is 2.74. The molecule has 15 heavy (non-hydrogen) atoms. The van der Waals surface area contributed by atoms with E-state index in [-0.39, 0.29) is 0 Å². The van der Waals surface area contributed by atoms with Crippen molar-refractivity contribution in [2.24, 2.45) is 0 Å². The lowest BCUT2D eigenvalue weighted by atomic mass is 10.5. The molecule has 2 heterocycles. The number of hydrogen-bond acceptors (Lipinski definition) is 7. The molecule has 0 amide bonds. The number of nitrogen functional groups attached to an aromatic ring is 1. The molecule has 0 spiro atoms. The van der Waals surface area contributed by atoms with Crippen molar-refractivity contribution >= 4 is 17.4 Å². The lowest BCUT2D eigenvalue weighted by Crippen LogP contribution is -1.99. The first-order valence-corrected chi connectivity index (χ1v) is 4.80. The number of aromatic amines is 1. The van der Waals surface area contributed by atoms with E-state index >= 15 is 0 Å². The van der Waals surface area contributed by atoms with Gasteiger partial charge >= 0.3 is 0 Å². The second-order valence-corrected chi connectivity index (χ2v) is 3.47. The molecule has 0 aliphatic carbocycles. The van der Waals surface area contributed by atoms with Gasteiger partial charge < -0.3 is 10.5 Å². The highest BCUT2D eigenvalue weighted by Crippen LogP contribution is 2.31. The Kier molecular flexibility index (Phi) is 2.68. The topological polar surface area (TPSA) is 103 Å². The fourth-order valence-corrected chi connectivity index (χ4v) is 1.62. The number of anilines is 1. The van der Waals surface area contributed by atoms with Crippen molar-refractivity contribution in [3.63, 3.8) is 0 Å². The number of rotatable bonds is 3. The van der Waals surface area contributed by atoms with Gasteiger partial charge in [-0.2, -0.15) is 10.1 Å². The average molecular weight is 224 g/mol. The molecule has 7 nitrogen and oxygen atoms in total. The summed E-state index contributed by atoms with van der Waals surface area (Å²) >= 11 is 1.27. The highest BCUT2D eigenvalue weighted by atomic mass is 32.2. The van der Waals surface area contributed by atoms with Crippen LogP contribution in [0.5, 0.6) is 5.88 Å². The van der Waals surface area contributed by atoms with E-state index in [1.54, 1.807) is 0 Å². The zero-order chi connectivity index (χ0) is 10.7. The maximum Gasteiger partial charge on any atom is 0.241 e. The van der Waals surface area contributed by atoms with Crippen LogP contribution in [0.25, 0.3) is 0 Å². The first kappa shape index (κ1) is 9.71. The van der Waals surface area contributed by atoms with E-state index in [2.05, 4.69) is 25.1 Å². The maximum absolute atomic E-state index is 5.78. The van der Waals surface area contributed by atoms with Gasteiger partial charge in [0.2, 0.25) is 5.88 Å². The lowest BCUT2D eigenvalue weighted by molar-refractivity contribution is 0.397. The monoisotopic (exact) mass is 224 g/mol. The van der Waals surface area contributed by atoms with Crippen molar-refractivity contribution in [1.29, 1.82) is 0 Å². The predicted molar refractivity (Wildman–Crippen MR) is 53.5 cm³/mol. The fourth-order valence-electron chi connectivity index (χ4n) is 0.943. The Hall–Kier alpha value is -1.83.